The van der Waals surface area contributed by atoms with Crippen molar-refractivity contribution in [3.8, 4) is 27.4 Å². The van der Waals surface area contributed by atoms with Crippen LogP contribution in [0, 0.1) is 10.1 Å². The molecule has 1 heterocycles. The van der Waals surface area contributed by atoms with Gasteiger partial charge in [0.25, 0.3) is 5.69 Å². The molecule has 0 bridgehead atoms. The minimum atomic E-state index is -0.428. The highest BCUT2D eigenvalue weighted by Gasteiger charge is 2.16. The van der Waals surface area contributed by atoms with Crippen LogP contribution in [0.25, 0.3) is 32.5 Å². The van der Waals surface area contributed by atoms with E-state index in [4.69, 9.17) is 16.6 Å². The molecule has 0 aliphatic heterocycles. The third-order valence-corrected chi connectivity index (χ3v) is 6.59. The fraction of sp³-hybridized carbons (Fsp3) is 0. The van der Waals surface area contributed by atoms with E-state index >= 15 is 0 Å². The minimum Gasteiger partial charge on any atom is -0.507 e. The third kappa shape index (κ3) is 4.26. The van der Waals surface area contributed by atoms with Crippen molar-refractivity contribution in [3.63, 3.8) is 0 Å². The van der Waals surface area contributed by atoms with Gasteiger partial charge in [0.2, 0.25) is 5.13 Å². The standard InChI is InChI=1S/C26H16ClN3O3S/c27-19-10-5-17(6-11-19)24-25(18-7-12-20(13-8-18)30(32)33)34-26(29-24)28-15-22-21-4-2-1-3-16(21)9-14-23(22)31/h1-15,31H/b28-15+. The number of nitro benzene ring substituents is 1. The lowest BCUT2D eigenvalue weighted by Gasteiger charge is -2.04. The van der Waals surface area contributed by atoms with Crippen molar-refractivity contribution in [1.82, 2.24) is 4.98 Å². The molecule has 0 saturated heterocycles. The van der Waals surface area contributed by atoms with Crippen LogP contribution in [0.3, 0.4) is 0 Å². The van der Waals surface area contributed by atoms with E-state index in [-0.39, 0.29) is 11.4 Å². The normalized spacial score (nSPS) is 11.3. The van der Waals surface area contributed by atoms with Gasteiger partial charge in [-0.15, -0.1) is 0 Å². The molecule has 8 heteroatoms. The SMILES string of the molecule is O=[N+]([O-])c1ccc(-c2sc(/N=C/c3c(O)ccc4ccccc34)nc2-c2ccc(Cl)cc2)cc1. The van der Waals surface area contributed by atoms with Crippen LogP contribution in [0.2, 0.25) is 5.02 Å². The van der Waals surface area contributed by atoms with Crippen LogP contribution in [0.1, 0.15) is 5.56 Å². The summed E-state index contributed by atoms with van der Waals surface area (Å²) >= 11 is 7.42. The minimum absolute atomic E-state index is 0.0194. The lowest BCUT2D eigenvalue weighted by Crippen LogP contribution is -1.87. The summed E-state index contributed by atoms with van der Waals surface area (Å²) < 4.78 is 0. The molecule has 166 valence electrons. The number of aliphatic imine (C=N–C) groups is 1. The number of hydrogen-bond donors (Lipinski definition) is 1. The summed E-state index contributed by atoms with van der Waals surface area (Å²) in [6.45, 7) is 0. The Labute approximate surface area is 203 Å². The van der Waals surface area contributed by atoms with Gasteiger partial charge in [-0.2, -0.15) is 0 Å². The molecule has 0 aliphatic rings. The zero-order chi connectivity index (χ0) is 23.7. The fourth-order valence-electron chi connectivity index (χ4n) is 3.64. The number of fused-ring (bicyclic) bond motifs is 1. The second-order valence-corrected chi connectivity index (χ2v) is 8.88. The number of nitro groups is 1. The second-order valence-electron chi connectivity index (χ2n) is 7.46. The van der Waals surface area contributed by atoms with Crippen molar-refractivity contribution in [2.24, 2.45) is 4.99 Å². The molecule has 0 radical (unpaired) electrons. The number of benzene rings is 4. The lowest BCUT2D eigenvalue weighted by molar-refractivity contribution is -0.384. The number of rotatable bonds is 5. The van der Waals surface area contributed by atoms with Crippen molar-refractivity contribution >= 4 is 50.7 Å². The Hall–Kier alpha value is -4.07. The van der Waals surface area contributed by atoms with E-state index in [0.717, 1.165) is 26.8 Å². The van der Waals surface area contributed by atoms with Crippen molar-refractivity contribution in [2.75, 3.05) is 0 Å². The predicted molar refractivity (Wildman–Crippen MR) is 138 cm³/mol. The largest absolute Gasteiger partial charge is 0.507 e. The molecule has 0 saturated carbocycles. The molecule has 0 unspecified atom stereocenters. The summed E-state index contributed by atoms with van der Waals surface area (Å²) in [4.78, 5) is 20.8. The van der Waals surface area contributed by atoms with Crippen molar-refractivity contribution < 1.29 is 10.0 Å². The molecule has 0 atom stereocenters. The summed E-state index contributed by atoms with van der Waals surface area (Å²) in [6, 6.07) is 24.9. The number of aromatic hydroxyl groups is 1. The first-order valence-electron chi connectivity index (χ1n) is 10.3. The Balaban J connectivity index is 1.60. The molecule has 0 amide bonds. The van der Waals surface area contributed by atoms with Gasteiger partial charge in [-0.05, 0) is 46.7 Å². The first-order chi connectivity index (χ1) is 16.5. The number of hydrogen-bond acceptors (Lipinski definition) is 6. The van der Waals surface area contributed by atoms with Gasteiger partial charge >= 0.3 is 0 Å². The van der Waals surface area contributed by atoms with Gasteiger partial charge < -0.3 is 5.11 Å². The van der Waals surface area contributed by atoms with Gasteiger partial charge in [0, 0.05) is 34.5 Å². The number of nitrogens with zero attached hydrogens (tertiary/aromatic N) is 3. The van der Waals surface area contributed by atoms with Crippen LogP contribution in [-0.2, 0) is 0 Å². The molecule has 0 fully saturated rings. The molecule has 0 spiro atoms. The summed E-state index contributed by atoms with van der Waals surface area (Å²) in [5.41, 5.74) is 2.97. The Kier molecular flexibility index (Phi) is 5.79. The van der Waals surface area contributed by atoms with Crippen LogP contribution in [0.5, 0.6) is 5.75 Å². The highest BCUT2D eigenvalue weighted by Crippen LogP contribution is 2.41. The quantitative estimate of drug-likeness (QED) is 0.157. The lowest BCUT2D eigenvalue weighted by atomic mass is 10.0. The van der Waals surface area contributed by atoms with E-state index in [1.807, 2.05) is 42.5 Å². The van der Waals surface area contributed by atoms with E-state index in [1.165, 1.54) is 23.5 Å². The number of non-ortho nitro benzene ring substituents is 1. The van der Waals surface area contributed by atoms with Crippen LogP contribution in [0.15, 0.2) is 89.9 Å². The van der Waals surface area contributed by atoms with Crippen molar-refractivity contribution in [3.05, 3.63) is 106 Å². The van der Waals surface area contributed by atoms with Crippen molar-refractivity contribution in [2.45, 2.75) is 0 Å². The molecule has 5 aromatic rings. The molecule has 1 aromatic heterocycles. The average molecular weight is 486 g/mol. The van der Waals surface area contributed by atoms with Crippen LogP contribution >= 0.6 is 22.9 Å². The van der Waals surface area contributed by atoms with Crippen LogP contribution in [0.4, 0.5) is 10.8 Å². The van der Waals surface area contributed by atoms with Gasteiger partial charge in [0.1, 0.15) is 5.75 Å². The maximum atomic E-state index is 11.1. The molecule has 4 aromatic carbocycles. The first-order valence-corrected chi connectivity index (χ1v) is 11.5. The number of phenolic OH excluding ortho intramolecular Hbond substituents is 1. The first kappa shape index (κ1) is 21.8. The van der Waals surface area contributed by atoms with Gasteiger partial charge in [-0.1, -0.05) is 65.4 Å². The molecular formula is C26H16ClN3O3S. The van der Waals surface area contributed by atoms with E-state index in [2.05, 4.69) is 4.99 Å². The molecule has 0 aliphatic carbocycles. The third-order valence-electron chi connectivity index (χ3n) is 5.33. The average Bonchev–Trinajstić information content (AvgIpc) is 3.28. The Morgan fingerprint density at radius 3 is 2.38 bits per heavy atom. The summed E-state index contributed by atoms with van der Waals surface area (Å²) in [7, 11) is 0. The summed E-state index contributed by atoms with van der Waals surface area (Å²) in [5.74, 6) is 0.132. The topological polar surface area (TPSA) is 88.6 Å². The number of phenols is 1. The van der Waals surface area contributed by atoms with Crippen LogP contribution in [-0.4, -0.2) is 21.2 Å². The second kappa shape index (κ2) is 9.05. The fourth-order valence-corrected chi connectivity index (χ4v) is 4.70. The van der Waals surface area contributed by atoms with E-state index < -0.39 is 4.92 Å². The Morgan fingerprint density at radius 1 is 0.941 bits per heavy atom. The molecule has 34 heavy (non-hydrogen) atoms. The van der Waals surface area contributed by atoms with Gasteiger partial charge in [0.15, 0.2) is 0 Å². The zero-order valence-corrected chi connectivity index (χ0v) is 19.1. The van der Waals surface area contributed by atoms with Gasteiger partial charge in [0.05, 0.1) is 15.5 Å². The molecule has 1 N–H and O–H groups in total. The number of thiazole rings is 1. The van der Waals surface area contributed by atoms with E-state index in [0.29, 0.717) is 21.4 Å². The summed E-state index contributed by atoms with van der Waals surface area (Å²) in [5, 5.41) is 24.5. The van der Waals surface area contributed by atoms with Crippen LogP contribution < -0.4 is 0 Å². The maximum absolute atomic E-state index is 11.1. The monoisotopic (exact) mass is 485 g/mol. The molecule has 5 rings (SSSR count). The summed E-state index contributed by atoms with van der Waals surface area (Å²) in [6.07, 6.45) is 1.61. The zero-order valence-electron chi connectivity index (χ0n) is 17.6. The van der Waals surface area contributed by atoms with Crippen molar-refractivity contribution in [1.29, 1.82) is 0 Å². The van der Waals surface area contributed by atoms with Gasteiger partial charge in [-0.25, -0.2) is 9.98 Å². The van der Waals surface area contributed by atoms with E-state index in [1.54, 1.807) is 36.5 Å². The smallest absolute Gasteiger partial charge is 0.269 e. The van der Waals surface area contributed by atoms with Gasteiger partial charge in [-0.3, -0.25) is 10.1 Å². The number of aromatic nitrogens is 1. The number of halogens is 1. The highest BCUT2D eigenvalue weighted by atomic mass is 35.5. The molecular weight excluding hydrogens is 470 g/mol. The Morgan fingerprint density at radius 2 is 1.65 bits per heavy atom. The predicted octanol–water partition coefficient (Wildman–Crippen LogP) is 7.65. The highest BCUT2D eigenvalue weighted by molar-refractivity contribution is 7.19. The molecule has 6 nitrogen and oxygen atoms in total. The Bertz CT molecular complexity index is 1540. The maximum Gasteiger partial charge on any atom is 0.269 e. The van der Waals surface area contributed by atoms with E-state index in [9.17, 15) is 15.2 Å².